The summed E-state index contributed by atoms with van der Waals surface area (Å²) in [5, 5.41) is 0. The van der Waals surface area contributed by atoms with Crippen molar-refractivity contribution >= 4 is 11.7 Å². The topological polar surface area (TPSA) is 67.2 Å². The van der Waals surface area contributed by atoms with Crippen LogP contribution in [0.1, 0.15) is 53.7 Å². The van der Waals surface area contributed by atoms with E-state index in [4.69, 9.17) is 9.97 Å². The van der Waals surface area contributed by atoms with E-state index >= 15 is 0 Å². The molecule has 1 aromatic carbocycles. The molecule has 1 saturated heterocycles. The van der Waals surface area contributed by atoms with E-state index in [2.05, 4.69) is 47.1 Å². The third-order valence-corrected chi connectivity index (χ3v) is 6.98. The van der Waals surface area contributed by atoms with E-state index in [0.29, 0.717) is 19.5 Å². The van der Waals surface area contributed by atoms with Crippen LogP contribution in [0.3, 0.4) is 0 Å². The zero-order valence-electron chi connectivity index (χ0n) is 19.6. The van der Waals surface area contributed by atoms with E-state index in [0.717, 1.165) is 62.1 Å². The summed E-state index contributed by atoms with van der Waals surface area (Å²) in [6.45, 7) is 8.12. The van der Waals surface area contributed by atoms with Gasteiger partial charge in [0.1, 0.15) is 17.5 Å². The number of benzene rings is 1. The van der Waals surface area contributed by atoms with Crippen LogP contribution in [0.5, 0.6) is 0 Å². The molecule has 33 heavy (non-hydrogen) atoms. The number of hydrogen-bond donors (Lipinski definition) is 0. The van der Waals surface area contributed by atoms with Crippen LogP contribution in [0.25, 0.3) is 0 Å². The van der Waals surface area contributed by atoms with Gasteiger partial charge >= 0.3 is 0 Å². The van der Waals surface area contributed by atoms with Crippen LogP contribution in [-0.2, 0) is 24.3 Å². The highest BCUT2D eigenvalue weighted by atomic mass is 16.2. The third-order valence-electron chi connectivity index (χ3n) is 6.98. The highest BCUT2D eigenvalue weighted by Crippen LogP contribution is 2.32. The number of carbonyl (C=O) groups excluding carboxylic acids is 1. The fraction of sp³-hybridized carbons (Fsp3) is 0.462. The average Bonchev–Trinajstić information content (AvgIpc) is 3.48. The molecule has 0 saturated carbocycles. The molecule has 0 unspecified atom stereocenters. The maximum absolute atomic E-state index is 12.8. The van der Waals surface area contributed by atoms with E-state index in [1.54, 1.807) is 6.20 Å². The van der Waals surface area contributed by atoms with Gasteiger partial charge in [-0.05, 0) is 38.7 Å². The molecule has 1 amide bonds. The van der Waals surface area contributed by atoms with Gasteiger partial charge in [-0.2, -0.15) is 0 Å². The Labute approximate surface area is 195 Å². The second kappa shape index (κ2) is 9.33. The predicted octanol–water partition coefficient (Wildman–Crippen LogP) is 3.65. The Morgan fingerprint density at radius 1 is 1.12 bits per heavy atom. The SMILES string of the molecule is Cc1nc([C@@H]2CCN(C(=O)CCn3ccnc3C)C2)nc2c1CCCN2Cc1ccccc1. The maximum atomic E-state index is 12.8. The monoisotopic (exact) mass is 444 g/mol. The maximum Gasteiger partial charge on any atom is 0.224 e. The molecule has 172 valence electrons. The number of carbonyl (C=O) groups is 1. The lowest BCUT2D eigenvalue weighted by molar-refractivity contribution is -0.130. The lowest BCUT2D eigenvalue weighted by Gasteiger charge is -2.31. The van der Waals surface area contributed by atoms with Gasteiger partial charge in [0, 0.05) is 68.7 Å². The van der Waals surface area contributed by atoms with Crippen LogP contribution >= 0.6 is 0 Å². The van der Waals surface area contributed by atoms with E-state index in [-0.39, 0.29) is 11.8 Å². The highest BCUT2D eigenvalue weighted by Gasteiger charge is 2.31. The minimum Gasteiger partial charge on any atom is -0.352 e. The second-order valence-corrected chi connectivity index (χ2v) is 9.22. The standard InChI is InChI=1S/C26H32N6O/c1-19-23-9-6-13-32(17-21-7-4-3-5-8-21)26(23)29-25(28-19)22-10-14-31(18-22)24(33)11-15-30-16-12-27-20(30)2/h3-5,7-8,12,16,22H,6,9-11,13-15,17-18H2,1-2H3/t22-/m1/s1. The largest absolute Gasteiger partial charge is 0.352 e. The van der Waals surface area contributed by atoms with E-state index in [1.807, 2.05) is 22.6 Å². The van der Waals surface area contributed by atoms with Gasteiger partial charge in [-0.15, -0.1) is 0 Å². The number of likely N-dealkylation sites (tertiary alicyclic amines) is 1. The smallest absolute Gasteiger partial charge is 0.224 e. The predicted molar refractivity (Wildman–Crippen MR) is 128 cm³/mol. The molecule has 0 aliphatic carbocycles. The number of aromatic nitrogens is 4. The van der Waals surface area contributed by atoms with Gasteiger partial charge in [0.25, 0.3) is 0 Å². The molecule has 1 atom stereocenters. The lowest BCUT2D eigenvalue weighted by Crippen LogP contribution is -2.32. The van der Waals surface area contributed by atoms with E-state index in [9.17, 15) is 4.79 Å². The Morgan fingerprint density at radius 3 is 2.76 bits per heavy atom. The fourth-order valence-corrected chi connectivity index (χ4v) is 5.06. The number of fused-ring (bicyclic) bond motifs is 1. The van der Waals surface area contributed by atoms with Crippen LogP contribution in [0, 0.1) is 13.8 Å². The van der Waals surface area contributed by atoms with Crippen molar-refractivity contribution in [1.29, 1.82) is 0 Å². The van der Waals surface area contributed by atoms with Crippen molar-refractivity contribution in [3.05, 3.63) is 71.2 Å². The number of hydrogen-bond acceptors (Lipinski definition) is 5. The minimum atomic E-state index is 0.200. The Balaban J connectivity index is 1.29. The molecule has 3 aromatic rings. The van der Waals surface area contributed by atoms with Crippen LogP contribution in [0.15, 0.2) is 42.7 Å². The molecule has 7 heteroatoms. The lowest BCUT2D eigenvalue weighted by atomic mass is 10.0. The van der Waals surface area contributed by atoms with Crippen molar-refractivity contribution in [2.45, 2.75) is 58.5 Å². The first kappa shape index (κ1) is 21.6. The van der Waals surface area contributed by atoms with Gasteiger partial charge in [-0.1, -0.05) is 30.3 Å². The zero-order chi connectivity index (χ0) is 22.8. The second-order valence-electron chi connectivity index (χ2n) is 9.22. The molecule has 7 nitrogen and oxygen atoms in total. The summed E-state index contributed by atoms with van der Waals surface area (Å²) in [5.74, 6) is 3.33. The molecule has 4 heterocycles. The summed E-state index contributed by atoms with van der Waals surface area (Å²) >= 11 is 0. The molecule has 2 aromatic heterocycles. The summed E-state index contributed by atoms with van der Waals surface area (Å²) in [7, 11) is 0. The minimum absolute atomic E-state index is 0.200. The molecule has 0 N–H and O–H groups in total. The third kappa shape index (κ3) is 4.63. The van der Waals surface area contributed by atoms with Crippen LogP contribution in [0.2, 0.25) is 0 Å². The number of nitrogens with zero attached hydrogens (tertiary/aromatic N) is 6. The van der Waals surface area contributed by atoms with Crippen molar-refractivity contribution in [3.8, 4) is 0 Å². The number of anilines is 1. The summed E-state index contributed by atoms with van der Waals surface area (Å²) in [6, 6.07) is 10.6. The summed E-state index contributed by atoms with van der Waals surface area (Å²) in [5.41, 5.74) is 3.67. The van der Waals surface area contributed by atoms with Crippen molar-refractivity contribution in [1.82, 2.24) is 24.4 Å². The van der Waals surface area contributed by atoms with E-state index in [1.165, 1.54) is 11.1 Å². The normalized spacial score (nSPS) is 17.9. The van der Waals surface area contributed by atoms with E-state index < -0.39 is 0 Å². The molecule has 2 aliphatic heterocycles. The fourth-order valence-electron chi connectivity index (χ4n) is 5.06. The Morgan fingerprint density at radius 2 is 1.97 bits per heavy atom. The average molecular weight is 445 g/mol. The molecule has 5 rings (SSSR count). The van der Waals surface area contributed by atoms with Gasteiger partial charge in [0.15, 0.2) is 0 Å². The quantitative estimate of drug-likeness (QED) is 0.581. The Kier molecular flexibility index (Phi) is 6.11. The first-order valence-corrected chi connectivity index (χ1v) is 12.0. The first-order valence-electron chi connectivity index (χ1n) is 12.0. The van der Waals surface area contributed by atoms with Gasteiger partial charge in [0.05, 0.1) is 0 Å². The first-order chi connectivity index (χ1) is 16.1. The molecule has 0 spiro atoms. The molecule has 0 radical (unpaired) electrons. The molecular formula is C26H32N6O. The van der Waals surface area contributed by atoms with Gasteiger partial charge in [-0.3, -0.25) is 4.79 Å². The van der Waals surface area contributed by atoms with Crippen molar-refractivity contribution in [2.75, 3.05) is 24.5 Å². The van der Waals surface area contributed by atoms with Gasteiger partial charge in [0.2, 0.25) is 5.91 Å². The molecule has 2 aliphatic rings. The molecule has 0 bridgehead atoms. The highest BCUT2D eigenvalue weighted by molar-refractivity contribution is 5.76. The summed E-state index contributed by atoms with van der Waals surface area (Å²) in [6.07, 6.45) is 7.30. The van der Waals surface area contributed by atoms with Crippen molar-refractivity contribution in [3.63, 3.8) is 0 Å². The number of amides is 1. The number of rotatable bonds is 6. The van der Waals surface area contributed by atoms with Crippen LogP contribution in [-0.4, -0.2) is 50.0 Å². The summed E-state index contributed by atoms with van der Waals surface area (Å²) < 4.78 is 2.03. The van der Waals surface area contributed by atoms with Crippen LogP contribution < -0.4 is 4.90 Å². The zero-order valence-corrected chi connectivity index (χ0v) is 19.6. The number of aryl methyl sites for hydroxylation is 3. The van der Waals surface area contributed by atoms with Gasteiger partial charge < -0.3 is 14.4 Å². The molecular weight excluding hydrogens is 412 g/mol. The summed E-state index contributed by atoms with van der Waals surface area (Å²) in [4.78, 5) is 31.5. The Bertz CT molecular complexity index is 1130. The van der Waals surface area contributed by atoms with Crippen LogP contribution in [0.4, 0.5) is 5.82 Å². The van der Waals surface area contributed by atoms with Crippen molar-refractivity contribution < 1.29 is 4.79 Å². The molecule has 1 fully saturated rings. The van der Waals surface area contributed by atoms with Crippen molar-refractivity contribution in [2.24, 2.45) is 0 Å². The Hall–Kier alpha value is -3.22. The van der Waals surface area contributed by atoms with Gasteiger partial charge in [-0.25, -0.2) is 15.0 Å². The number of imidazole rings is 1.